The molecule has 5 nitrogen and oxygen atoms in total. The van der Waals surface area contributed by atoms with Crippen LogP contribution < -0.4 is 0 Å². The molecule has 0 unspecified atom stereocenters. The average molecular weight is 396 g/mol. The molecule has 0 saturated carbocycles. The summed E-state index contributed by atoms with van der Waals surface area (Å²) in [5.41, 5.74) is 5.21. The van der Waals surface area contributed by atoms with Crippen LogP contribution in [0.5, 0.6) is 0 Å². The fraction of sp³-hybridized carbons (Fsp3) is 0.542. The molecule has 5 heteroatoms. The third-order valence-electron chi connectivity index (χ3n) is 6.49. The summed E-state index contributed by atoms with van der Waals surface area (Å²) in [5, 5.41) is 1.34. The SMILES string of the molecule is C1CCOC1.CCN(CC)C(=O)[C@@H]1C=C2c3cccc4[nH]cc(c34)C[C@H]2N(C)C1. The largest absolute Gasteiger partial charge is 0.381 e. The van der Waals surface area contributed by atoms with Crippen LogP contribution in [-0.4, -0.2) is 66.6 Å². The van der Waals surface area contributed by atoms with Crippen molar-refractivity contribution in [1.29, 1.82) is 0 Å². The highest BCUT2D eigenvalue weighted by Crippen LogP contribution is 2.40. The van der Waals surface area contributed by atoms with Crippen molar-refractivity contribution in [3.8, 4) is 0 Å². The van der Waals surface area contributed by atoms with Crippen LogP contribution in [0.4, 0.5) is 0 Å². The summed E-state index contributed by atoms with van der Waals surface area (Å²) in [5.74, 6) is 0.210. The Bertz CT molecular complexity index is 885. The first-order valence-corrected chi connectivity index (χ1v) is 11.0. The van der Waals surface area contributed by atoms with Gasteiger partial charge in [-0.1, -0.05) is 18.2 Å². The van der Waals surface area contributed by atoms with E-state index in [1.165, 1.54) is 40.4 Å². The molecule has 3 aliphatic rings. The number of likely N-dealkylation sites (N-methyl/N-ethyl adjacent to an activating group) is 1. The van der Waals surface area contributed by atoms with Gasteiger partial charge in [0.25, 0.3) is 0 Å². The fourth-order valence-corrected chi connectivity index (χ4v) is 4.89. The van der Waals surface area contributed by atoms with E-state index in [0.29, 0.717) is 6.04 Å². The molecule has 1 N–H and O–H groups in total. The molecule has 1 aromatic carbocycles. The van der Waals surface area contributed by atoms with E-state index in [2.05, 4.69) is 61.3 Å². The molecule has 1 aromatic heterocycles. The van der Waals surface area contributed by atoms with Crippen molar-refractivity contribution in [2.45, 2.75) is 39.2 Å². The maximum atomic E-state index is 12.9. The number of amides is 1. The molecule has 1 saturated heterocycles. The number of H-pyrrole nitrogens is 1. The predicted octanol–water partition coefficient (Wildman–Crippen LogP) is 3.70. The normalized spacial score (nSPS) is 23.2. The first kappa shape index (κ1) is 20.2. The molecule has 2 atom stereocenters. The van der Waals surface area contributed by atoms with Gasteiger partial charge in [-0.3, -0.25) is 9.69 Å². The fourth-order valence-electron chi connectivity index (χ4n) is 4.89. The van der Waals surface area contributed by atoms with Crippen LogP contribution in [0, 0.1) is 5.92 Å². The Balaban J connectivity index is 0.000000359. The number of carbonyl (C=O) groups is 1. The second-order valence-corrected chi connectivity index (χ2v) is 8.26. The Morgan fingerprint density at radius 1 is 1.24 bits per heavy atom. The highest BCUT2D eigenvalue weighted by molar-refractivity contribution is 5.99. The van der Waals surface area contributed by atoms with E-state index >= 15 is 0 Å². The zero-order valence-corrected chi connectivity index (χ0v) is 17.9. The third-order valence-corrected chi connectivity index (χ3v) is 6.49. The molecule has 2 aromatic rings. The van der Waals surface area contributed by atoms with Gasteiger partial charge in [-0.15, -0.1) is 0 Å². The number of benzene rings is 1. The Morgan fingerprint density at radius 2 is 2.00 bits per heavy atom. The van der Waals surface area contributed by atoms with Crippen LogP contribution in [0.15, 0.2) is 30.5 Å². The van der Waals surface area contributed by atoms with E-state index in [0.717, 1.165) is 39.3 Å². The van der Waals surface area contributed by atoms with Crippen molar-refractivity contribution in [1.82, 2.24) is 14.8 Å². The summed E-state index contributed by atoms with van der Waals surface area (Å²) in [7, 11) is 2.15. The molecule has 156 valence electrons. The van der Waals surface area contributed by atoms with Crippen molar-refractivity contribution < 1.29 is 9.53 Å². The maximum absolute atomic E-state index is 12.9. The van der Waals surface area contributed by atoms with Gasteiger partial charge < -0.3 is 14.6 Å². The van der Waals surface area contributed by atoms with Crippen molar-refractivity contribution in [3.05, 3.63) is 41.6 Å². The minimum Gasteiger partial charge on any atom is -0.381 e. The Hall–Kier alpha value is -2.11. The number of nitrogens with one attached hydrogen (secondary N) is 1. The average Bonchev–Trinajstić information content (AvgIpc) is 3.44. The van der Waals surface area contributed by atoms with Gasteiger partial charge >= 0.3 is 0 Å². The summed E-state index contributed by atoms with van der Waals surface area (Å²) >= 11 is 0. The quantitative estimate of drug-likeness (QED) is 0.862. The van der Waals surface area contributed by atoms with Gasteiger partial charge in [0.2, 0.25) is 5.91 Å². The number of hydrogen-bond acceptors (Lipinski definition) is 3. The van der Waals surface area contributed by atoms with Gasteiger partial charge in [0.05, 0.1) is 5.92 Å². The number of ether oxygens (including phenoxy) is 1. The molecule has 1 fully saturated rings. The van der Waals surface area contributed by atoms with E-state index in [4.69, 9.17) is 4.74 Å². The highest BCUT2D eigenvalue weighted by Gasteiger charge is 2.36. The van der Waals surface area contributed by atoms with E-state index < -0.39 is 0 Å². The summed E-state index contributed by atoms with van der Waals surface area (Å²) in [6, 6.07) is 6.82. The lowest BCUT2D eigenvalue weighted by atomic mass is 9.79. The number of aromatic amines is 1. The van der Waals surface area contributed by atoms with Crippen LogP contribution in [0.2, 0.25) is 0 Å². The Kier molecular flexibility index (Phi) is 6.07. The van der Waals surface area contributed by atoms with Crippen molar-refractivity contribution in [2.75, 3.05) is 39.9 Å². The highest BCUT2D eigenvalue weighted by atomic mass is 16.5. The molecule has 1 amide bonds. The first-order chi connectivity index (χ1) is 14.1. The van der Waals surface area contributed by atoms with Crippen molar-refractivity contribution in [3.63, 3.8) is 0 Å². The van der Waals surface area contributed by atoms with Crippen LogP contribution in [0.1, 0.15) is 37.8 Å². The Labute approximate surface area is 173 Å². The predicted molar refractivity (Wildman–Crippen MR) is 118 cm³/mol. The molecule has 0 radical (unpaired) electrons. The van der Waals surface area contributed by atoms with Crippen molar-refractivity contribution in [2.24, 2.45) is 5.92 Å². The number of hydrogen-bond donors (Lipinski definition) is 1. The zero-order chi connectivity index (χ0) is 20.4. The van der Waals surface area contributed by atoms with Crippen LogP contribution in [-0.2, 0) is 16.0 Å². The number of nitrogens with zero attached hydrogens (tertiary/aromatic N) is 2. The lowest BCUT2D eigenvalue weighted by Crippen LogP contribution is -2.47. The molecule has 0 bridgehead atoms. The molecule has 5 rings (SSSR count). The summed E-state index contributed by atoms with van der Waals surface area (Å²) in [6.07, 6.45) is 7.97. The zero-order valence-electron chi connectivity index (χ0n) is 17.9. The van der Waals surface area contributed by atoms with Gasteiger partial charge in [0, 0.05) is 56.0 Å². The third kappa shape index (κ3) is 3.86. The molecular weight excluding hydrogens is 362 g/mol. The molecule has 29 heavy (non-hydrogen) atoms. The summed E-state index contributed by atoms with van der Waals surface area (Å²) < 4.78 is 4.94. The second kappa shape index (κ2) is 8.72. The van der Waals surface area contributed by atoms with E-state index in [-0.39, 0.29) is 11.8 Å². The summed E-state index contributed by atoms with van der Waals surface area (Å²) in [4.78, 5) is 20.6. The first-order valence-electron chi connectivity index (χ1n) is 11.0. The lowest BCUT2D eigenvalue weighted by Gasteiger charge is -2.40. The lowest BCUT2D eigenvalue weighted by molar-refractivity contribution is -0.134. The topological polar surface area (TPSA) is 48.6 Å². The smallest absolute Gasteiger partial charge is 0.230 e. The second-order valence-electron chi connectivity index (χ2n) is 8.26. The van der Waals surface area contributed by atoms with Gasteiger partial charge in [-0.2, -0.15) is 0 Å². The minimum absolute atomic E-state index is 0.0445. The van der Waals surface area contributed by atoms with E-state index in [1.54, 1.807) is 0 Å². The monoisotopic (exact) mass is 395 g/mol. The summed E-state index contributed by atoms with van der Waals surface area (Å²) in [6.45, 7) is 8.47. The standard InChI is InChI=1S/C20H25N3O.C4H8O/c1-4-23(5-2)20(24)14-9-16-15-7-6-8-17-19(15)13(11-21-17)10-18(16)22(3)12-14;1-2-4-5-3-1/h6-9,11,14,18,21H,4-5,10,12H2,1-3H3;1-4H2/t14-,18-;/m1./s1. The van der Waals surface area contributed by atoms with Gasteiger partial charge in [0.15, 0.2) is 0 Å². The Morgan fingerprint density at radius 3 is 2.66 bits per heavy atom. The number of rotatable bonds is 3. The molecular formula is C24H33N3O2. The molecule has 3 heterocycles. The maximum Gasteiger partial charge on any atom is 0.230 e. The van der Waals surface area contributed by atoms with Gasteiger partial charge in [0.1, 0.15) is 0 Å². The van der Waals surface area contributed by atoms with E-state index in [9.17, 15) is 4.79 Å². The van der Waals surface area contributed by atoms with Crippen LogP contribution in [0.25, 0.3) is 16.5 Å². The number of carbonyl (C=O) groups excluding carboxylic acids is 1. The van der Waals surface area contributed by atoms with Crippen LogP contribution >= 0.6 is 0 Å². The van der Waals surface area contributed by atoms with Gasteiger partial charge in [-0.05, 0) is 62.9 Å². The van der Waals surface area contributed by atoms with Crippen molar-refractivity contribution >= 4 is 22.4 Å². The van der Waals surface area contributed by atoms with Gasteiger partial charge in [-0.25, -0.2) is 0 Å². The van der Waals surface area contributed by atoms with E-state index in [1.807, 2.05) is 4.90 Å². The number of fused-ring (bicyclic) bond motifs is 2. The molecule has 0 spiro atoms. The number of aromatic nitrogens is 1. The molecule has 1 aliphatic carbocycles. The van der Waals surface area contributed by atoms with Crippen LogP contribution in [0.3, 0.4) is 0 Å². The molecule has 2 aliphatic heterocycles. The minimum atomic E-state index is -0.0445.